The van der Waals surface area contributed by atoms with E-state index in [4.69, 9.17) is 4.74 Å². The van der Waals surface area contributed by atoms with Crippen LogP contribution < -0.4 is 15.4 Å². The molecule has 5 heteroatoms. The number of hydrogen-bond acceptors (Lipinski definition) is 3. The van der Waals surface area contributed by atoms with Crippen molar-refractivity contribution in [2.24, 2.45) is 0 Å². The monoisotopic (exact) mass is 272 g/mol. The summed E-state index contributed by atoms with van der Waals surface area (Å²) in [6, 6.07) is 5.53. The van der Waals surface area contributed by atoms with Gasteiger partial charge in [0.2, 0.25) is 5.91 Å². The van der Waals surface area contributed by atoms with Crippen LogP contribution in [0.25, 0.3) is 0 Å². The largest absolute Gasteiger partial charge is 0.497 e. The van der Waals surface area contributed by atoms with Gasteiger partial charge in [0.1, 0.15) is 5.75 Å². The maximum Gasteiger partial charge on any atom is 0.239 e. The highest BCUT2D eigenvalue weighted by molar-refractivity contribution is 9.10. The third-order valence-corrected chi connectivity index (χ3v) is 2.58. The number of halogens is 1. The number of amides is 1. The molecule has 1 amide bonds. The number of hydrogen-bond donors (Lipinski definition) is 2. The van der Waals surface area contributed by atoms with Crippen LogP contribution in [0.3, 0.4) is 0 Å². The predicted molar refractivity (Wildman–Crippen MR) is 63.3 cm³/mol. The van der Waals surface area contributed by atoms with Gasteiger partial charge in [-0.1, -0.05) is 0 Å². The molecule has 0 aromatic heterocycles. The maximum atomic E-state index is 11.0. The Hall–Kier alpha value is -1.23. The van der Waals surface area contributed by atoms with Gasteiger partial charge < -0.3 is 15.4 Å². The average Bonchev–Trinajstić information content (AvgIpc) is 2.27. The van der Waals surface area contributed by atoms with Gasteiger partial charge in [0.15, 0.2) is 0 Å². The topological polar surface area (TPSA) is 50.4 Å². The number of anilines is 1. The summed E-state index contributed by atoms with van der Waals surface area (Å²) >= 11 is 3.38. The Morgan fingerprint density at radius 1 is 1.53 bits per heavy atom. The smallest absolute Gasteiger partial charge is 0.239 e. The standard InChI is InChI=1S/C10H13BrN2O2/c1-12-10(14)6-13-9-5-7(15-2)3-4-8(9)11/h3-5,13H,6H2,1-2H3,(H,12,14). The van der Waals surface area contributed by atoms with Crippen molar-refractivity contribution >= 4 is 27.5 Å². The number of carbonyl (C=O) groups excluding carboxylic acids is 1. The van der Waals surface area contributed by atoms with E-state index in [1.54, 1.807) is 14.2 Å². The van der Waals surface area contributed by atoms with Crippen LogP contribution in [0.15, 0.2) is 22.7 Å². The van der Waals surface area contributed by atoms with Crippen LogP contribution in [0.2, 0.25) is 0 Å². The van der Waals surface area contributed by atoms with Crippen molar-refractivity contribution in [3.05, 3.63) is 22.7 Å². The Kier molecular flexibility index (Phi) is 4.42. The zero-order chi connectivity index (χ0) is 11.3. The minimum absolute atomic E-state index is 0.0651. The SMILES string of the molecule is CNC(=O)CNc1cc(OC)ccc1Br. The summed E-state index contributed by atoms with van der Waals surface area (Å²) in [6.07, 6.45) is 0. The molecule has 82 valence electrons. The Labute approximate surface area is 97.1 Å². The first-order chi connectivity index (χ1) is 7.17. The zero-order valence-corrected chi connectivity index (χ0v) is 10.2. The first-order valence-corrected chi connectivity index (χ1v) is 5.24. The first-order valence-electron chi connectivity index (χ1n) is 4.45. The fraction of sp³-hybridized carbons (Fsp3) is 0.300. The van der Waals surface area contributed by atoms with E-state index in [0.29, 0.717) is 0 Å². The van der Waals surface area contributed by atoms with Crippen molar-refractivity contribution in [3.8, 4) is 5.75 Å². The zero-order valence-electron chi connectivity index (χ0n) is 8.63. The van der Waals surface area contributed by atoms with E-state index in [2.05, 4.69) is 26.6 Å². The summed E-state index contributed by atoms with van der Waals surface area (Å²) < 4.78 is 5.98. The summed E-state index contributed by atoms with van der Waals surface area (Å²) in [4.78, 5) is 11.0. The lowest BCUT2D eigenvalue weighted by atomic mass is 10.3. The van der Waals surface area contributed by atoms with Crippen molar-refractivity contribution in [1.82, 2.24) is 5.32 Å². The molecule has 0 heterocycles. The minimum atomic E-state index is -0.0651. The highest BCUT2D eigenvalue weighted by atomic mass is 79.9. The van der Waals surface area contributed by atoms with E-state index in [0.717, 1.165) is 15.9 Å². The Bertz CT molecular complexity index is 355. The summed E-state index contributed by atoms with van der Waals surface area (Å²) in [5.41, 5.74) is 0.831. The number of rotatable bonds is 4. The molecule has 0 saturated heterocycles. The van der Waals surface area contributed by atoms with Gasteiger partial charge in [0.05, 0.1) is 19.3 Å². The van der Waals surface area contributed by atoms with Crippen molar-refractivity contribution in [3.63, 3.8) is 0 Å². The number of methoxy groups -OCH3 is 1. The predicted octanol–water partition coefficient (Wildman–Crippen LogP) is 1.62. The van der Waals surface area contributed by atoms with E-state index < -0.39 is 0 Å². The molecule has 0 radical (unpaired) electrons. The second kappa shape index (κ2) is 5.60. The lowest BCUT2D eigenvalue weighted by molar-refractivity contribution is -0.118. The van der Waals surface area contributed by atoms with Gasteiger partial charge in [-0.2, -0.15) is 0 Å². The molecule has 15 heavy (non-hydrogen) atoms. The molecule has 1 rings (SSSR count). The molecule has 1 aromatic rings. The van der Waals surface area contributed by atoms with Gasteiger partial charge in [-0.25, -0.2) is 0 Å². The van der Waals surface area contributed by atoms with Crippen LogP contribution in [0, 0.1) is 0 Å². The second-order valence-corrected chi connectivity index (χ2v) is 3.73. The van der Waals surface area contributed by atoms with E-state index in [1.807, 2.05) is 18.2 Å². The minimum Gasteiger partial charge on any atom is -0.497 e. The first kappa shape index (κ1) is 11.8. The molecule has 4 nitrogen and oxygen atoms in total. The molecule has 0 aliphatic heterocycles. The van der Waals surface area contributed by atoms with Crippen molar-refractivity contribution in [2.45, 2.75) is 0 Å². The molecular formula is C10H13BrN2O2. The van der Waals surface area contributed by atoms with Gasteiger partial charge in [-0.15, -0.1) is 0 Å². The fourth-order valence-corrected chi connectivity index (χ4v) is 1.42. The molecule has 0 fully saturated rings. The van der Waals surface area contributed by atoms with Gasteiger partial charge in [-0.05, 0) is 28.1 Å². The summed E-state index contributed by atoms with van der Waals surface area (Å²) in [5.74, 6) is 0.683. The molecule has 0 bridgehead atoms. The molecule has 0 aliphatic rings. The number of nitrogens with one attached hydrogen (secondary N) is 2. The molecule has 0 spiro atoms. The number of ether oxygens (including phenoxy) is 1. The Morgan fingerprint density at radius 2 is 2.27 bits per heavy atom. The van der Waals surface area contributed by atoms with Crippen LogP contribution in [0.5, 0.6) is 5.75 Å². The normalized spacial score (nSPS) is 9.53. The lowest BCUT2D eigenvalue weighted by Gasteiger charge is -2.09. The highest BCUT2D eigenvalue weighted by Crippen LogP contribution is 2.26. The van der Waals surface area contributed by atoms with E-state index in [-0.39, 0.29) is 12.5 Å². The molecule has 0 aliphatic carbocycles. The molecular weight excluding hydrogens is 260 g/mol. The number of benzene rings is 1. The van der Waals surface area contributed by atoms with E-state index in [1.165, 1.54) is 0 Å². The molecule has 1 aromatic carbocycles. The fourth-order valence-electron chi connectivity index (χ4n) is 1.03. The third-order valence-electron chi connectivity index (χ3n) is 1.89. The summed E-state index contributed by atoms with van der Waals surface area (Å²) in [6.45, 7) is 0.238. The third kappa shape index (κ3) is 3.43. The van der Waals surface area contributed by atoms with Gasteiger partial charge in [0.25, 0.3) is 0 Å². The Balaban J connectivity index is 2.70. The van der Waals surface area contributed by atoms with Crippen LogP contribution >= 0.6 is 15.9 Å². The van der Waals surface area contributed by atoms with E-state index in [9.17, 15) is 4.79 Å². The summed E-state index contributed by atoms with van der Waals surface area (Å²) in [5, 5.41) is 5.53. The number of carbonyl (C=O) groups is 1. The average molecular weight is 273 g/mol. The van der Waals surface area contributed by atoms with Crippen LogP contribution in [0.4, 0.5) is 5.69 Å². The van der Waals surface area contributed by atoms with Gasteiger partial charge in [0, 0.05) is 17.6 Å². The quantitative estimate of drug-likeness (QED) is 0.876. The molecule has 2 N–H and O–H groups in total. The highest BCUT2D eigenvalue weighted by Gasteiger charge is 2.03. The van der Waals surface area contributed by atoms with Crippen molar-refractivity contribution in [1.29, 1.82) is 0 Å². The van der Waals surface area contributed by atoms with Crippen LogP contribution in [0.1, 0.15) is 0 Å². The van der Waals surface area contributed by atoms with Crippen molar-refractivity contribution < 1.29 is 9.53 Å². The summed E-state index contributed by atoms with van der Waals surface area (Å²) in [7, 11) is 3.20. The lowest BCUT2D eigenvalue weighted by Crippen LogP contribution is -2.26. The van der Waals surface area contributed by atoms with Gasteiger partial charge >= 0.3 is 0 Å². The molecule has 0 unspecified atom stereocenters. The Morgan fingerprint density at radius 3 is 2.87 bits per heavy atom. The van der Waals surface area contributed by atoms with E-state index >= 15 is 0 Å². The number of likely N-dealkylation sites (N-methyl/N-ethyl adjacent to an activating group) is 1. The van der Waals surface area contributed by atoms with Crippen molar-refractivity contribution in [2.75, 3.05) is 26.0 Å². The maximum absolute atomic E-state index is 11.0. The van der Waals surface area contributed by atoms with Crippen LogP contribution in [-0.4, -0.2) is 26.6 Å². The van der Waals surface area contributed by atoms with Crippen LogP contribution in [-0.2, 0) is 4.79 Å². The van der Waals surface area contributed by atoms with Gasteiger partial charge in [-0.3, -0.25) is 4.79 Å². The molecule has 0 atom stereocenters. The molecule has 0 saturated carbocycles. The second-order valence-electron chi connectivity index (χ2n) is 2.87.